The SMILES string of the molecule is C[C@]12CN(C(=O)C3C=CCCC3)C(=O)[C@](C)(C1)C[C@@](C)(c1nc3ccccc3o1)C2. The van der Waals surface area contributed by atoms with Crippen molar-refractivity contribution in [2.75, 3.05) is 6.54 Å². The molecule has 3 aliphatic rings. The lowest BCUT2D eigenvalue weighted by molar-refractivity contribution is -0.170. The van der Waals surface area contributed by atoms with E-state index < -0.39 is 5.41 Å². The van der Waals surface area contributed by atoms with Crippen LogP contribution in [0.15, 0.2) is 40.8 Å². The summed E-state index contributed by atoms with van der Waals surface area (Å²) < 4.78 is 6.16. The van der Waals surface area contributed by atoms with Crippen molar-refractivity contribution < 1.29 is 14.0 Å². The summed E-state index contributed by atoms with van der Waals surface area (Å²) in [6.45, 7) is 6.90. The number of allylic oxidation sites excluding steroid dienone is 1. The molecule has 2 fully saturated rings. The minimum absolute atomic E-state index is 0.0152. The molecule has 5 rings (SSSR count). The van der Waals surface area contributed by atoms with E-state index in [0.29, 0.717) is 18.9 Å². The number of carbonyl (C=O) groups is 2. The summed E-state index contributed by atoms with van der Waals surface area (Å²) in [5.41, 5.74) is 0.564. The van der Waals surface area contributed by atoms with Gasteiger partial charge >= 0.3 is 0 Å². The summed E-state index contributed by atoms with van der Waals surface area (Å²) in [5.74, 6) is 0.519. The standard InChI is InChI=1S/C25H30N2O3/c1-23-13-24(2,21-26-18-11-7-8-12-19(18)30-21)15-25(3,14-23)22(29)27(16-23)20(28)17-9-5-4-6-10-17/h5,7-9,11-12,17H,4,6,10,13-16H2,1-3H3/t17?,23-,24+,25-/m1/s1. The molecule has 1 unspecified atom stereocenters. The first-order chi connectivity index (χ1) is 14.2. The van der Waals surface area contributed by atoms with Crippen molar-refractivity contribution in [2.24, 2.45) is 16.7 Å². The van der Waals surface area contributed by atoms with E-state index in [1.165, 1.54) is 0 Å². The molecular weight excluding hydrogens is 376 g/mol. The summed E-state index contributed by atoms with van der Waals surface area (Å²) in [6, 6.07) is 7.81. The maximum absolute atomic E-state index is 13.6. The van der Waals surface area contributed by atoms with E-state index in [2.05, 4.69) is 19.9 Å². The van der Waals surface area contributed by atoms with Gasteiger partial charge in [-0.1, -0.05) is 45.1 Å². The third-order valence-corrected chi connectivity index (χ3v) is 7.36. The Balaban J connectivity index is 1.48. The van der Waals surface area contributed by atoms with Crippen LogP contribution in [-0.4, -0.2) is 28.2 Å². The lowest BCUT2D eigenvalue weighted by atomic mass is 9.52. The zero-order valence-corrected chi connectivity index (χ0v) is 18.1. The molecule has 5 nitrogen and oxygen atoms in total. The molecule has 1 aromatic heterocycles. The Morgan fingerprint density at radius 2 is 1.90 bits per heavy atom. The van der Waals surface area contributed by atoms with E-state index >= 15 is 0 Å². The van der Waals surface area contributed by atoms with Gasteiger partial charge in [-0.2, -0.15) is 0 Å². The second-order valence-electron chi connectivity index (χ2n) is 10.6. The number of carbonyl (C=O) groups excluding carboxylic acids is 2. The minimum atomic E-state index is -0.589. The first-order valence-corrected chi connectivity index (χ1v) is 11.1. The third-order valence-electron chi connectivity index (χ3n) is 7.36. The molecule has 2 aromatic rings. The average Bonchev–Trinajstić information content (AvgIpc) is 3.15. The van der Waals surface area contributed by atoms with Gasteiger partial charge in [-0.05, 0) is 56.1 Å². The summed E-state index contributed by atoms with van der Waals surface area (Å²) in [7, 11) is 0. The van der Waals surface area contributed by atoms with Crippen molar-refractivity contribution in [3.05, 3.63) is 42.3 Å². The number of rotatable bonds is 2. The van der Waals surface area contributed by atoms with E-state index in [1.54, 1.807) is 4.90 Å². The fraction of sp³-hybridized carbons (Fsp3) is 0.560. The summed E-state index contributed by atoms with van der Waals surface area (Å²) in [4.78, 5) is 33.2. The number of aromatic nitrogens is 1. The van der Waals surface area contributed by atoms with Crippen molar-refractivity contribution in [1.29, 1.82) is 0 Å². The van der Waals surface area contributed by atoms with Crippen LogP contribution in [0.4, 0.5) is 0 Å². The number of piperidine rings is 1. The molecule has 5 heteroatoms. The van der Waals surface area contributed by atoms with Gasteiger partial charge in [0.1, 0.15) is 5.52 Å². The van der Waals surface area contributed by atoms with Crippen LogP contribution in [0.3, 0.4) is 0 Å². The first kappa shape index (κ1) is 19.5. The topological polar surface area (TPSA) is 63.4 Å². The summed E-state index contributed by atoms with van der Waals surface area (Å²) in [5, 5.41) is 0. The second-order valence-corrected chi connectivity index (χ2v) is 10.6. The Morgan fingerprint density at radius 1 is 1.13 bits per heavy atom. The Hall–Kier alpha value is -2.43. The van der Waals surface area contributed by atoms with Crippen molar-refractivity contribution in [1.82, 2.24) is 9.88 Å². The number of benzene rings is 1. The van der Waals surface area contributed by atoms with Gasteiger partial charge in [-0.25, -0.2) is 4.98 Å². The second kappa shape index (κ2) is 6.53. The zero-order chi connectivity index (χ0) is 21.1. The monoisotopic (exact) mass is 406 g/mol. The number of fused-ring (bicyclic) bond motifs is 3. The average molecular weight is 407 g/mol. The van der Waals surface area contributed by atoms with Crippen LogP contribution < -0.4 is 0 Å². The number of oxazole rings is 1. The zero-order valence-electron chi connectivity index (χ0n) is 18.1. The molecule has 1 saturated carbocycles. The maximum Gasteiger partial charge on any atom is 0.236 e. The third kappa shape index (κ3) is 3.01. The van der Waals surface area contributed by atoms with Crippen molar-refractivity contribution in [3.63, 3.8) is 0 Å². The molecule has 30 heavy (non-hydrogen) atoms. The number of hydrogen-bond acceptors (Lipinski definition) is 4. The van der Waals surface area contributed by atoms with Gasteiger partial charge in [-0.15, -0.1) is 0 Å². The fourth-order valence-electron chi connectivity index (χ4n) is 6.65. The summed E-state index contributed by atoms with van der Waals surface area (Å²) in [6.07, 6.45) is 9.25. The first-order valence-electron chi connectivity index (χ1n) is 11.1. The van der Waals surface area contributed by atoms with E-state index in [4.69, 9.17) is 9.40 Å². The van der Waals surface area contributed by atoms with Gasteiger partial charge in [0, 0.05) is 17.4 Å². The number of imide groups is 1. The molecule has 0 spiro atoms. The van der Waals surface area contributed by atoms with Crippen LogP contribution in [0, 0.1) is 16.7 Å². The van der Waals surface area contributed by atoms with E-state index in [-0.39, 0.29) is 28.6 Å². The number of amides is 2. The minimum Gasteiger partial charge on any atom is -0.440 e. The Labute approximate surface area is 177 Å². The van der Waals surface area contributed by atoms with E-state index in [0.717, 1.165) is 43.2 Å². The van der Waals surface area contributed by atoms with E-state index in [1.807, 2.05) is 37.3 Å². The molecule has 0 radical (unpaired) electrons. The Morgan fingerprint density at radius 3 is 2.63 bits per heavy atom. The van der Waals surface area contributed by atoms with Gasteiger partial charge < -0.3 is 4.42 Å². The van der Waals surface area contributed by atoms with Crippen LogP contribution in [0.1, 0.15) is 65.2 Å². The maximum atomic E-state index is 13.6. The Kier molecular flexibility index (Phi) is 4.25. The lowest BCUT2D eigenvalue weighted by Crippen LogP contribution is -2.63. The van der Waals surface area contributed by atoms with Crippen molar-refractivity contribution >= 4 is 22.9 Å². The predicted octanol–water partition coefficient (Wildman–Crippen LogP) is 5.01. The molecular formula is C25H30N2O3. The fourth-order valence-corrected chi connectivity index (χ4v) is 6.65. The number of likely N-dealkylation sites (tertiary alicyclic amines) is 1. The molecule has 1 aromatic carbocycles. The molecule has 2 aliphatic carbocycles. The number of para-hydroxylation sites is 2. The quantitative estimate of drug-likeness (QED) is 0.520. The molecule has 2 amide bonds. The molecule has 2 bridgehead atoms. The van der Waals surface area contributed by atoms with Crippen LogP contribution in [-0.2, 0) is 15.0 Å². The number of nitrogens with zero attached hydrogens (tertiary/aromatic N) is 2. The van der Waals surface area contributed by atoms with E-state index in [9.17, 15) is 9.59 Å². The molecule has 2 heterocycles. The normalized spacial score (nSPS) is 36.3. The highest BCUT2D eigenvalue weighted by molar-refractivity contribution is 6.00. The highest BCUT2D eigenvalue weighted by Gasteiger charge is 2.60. The molecule has 4 atom stereocenters. The summed E-state index contributed by atoms with van der Waals surface area (Å²) >= 11 is 0. The molecule has 0 N–H and O–H groups in total. The van der Waals surface area contributed by atoms with Crippen LogP contribution in [0.5, 0.6) is 0 Å². The van der Waals surface area contributed by atoms with Crippen molar-refractivity contribution in [3.8, 4) is 0 Å². The van der Waals surface area contributed by atoms with Gasteiger partial charge in [0.15, 0.2) is 5.58 Å². The smallest absolute Gasteiger partial charge is 0.236 e. The largest absolute Gasteiger partial charge is 0.440 e. The van der Waals surface area contributed by atoms with Crippen LogP contribution >= 0.6 is 0 Å². The van der Waals surface area contributed by atoms with Gasteiger partial charge in [0.05, 0.1) is 5.92 Å². The van der Waals surface area contributed by atoms with Gasteiger partial charge in [0.2, 0.25) is 17.7 Å². The van der Waals surface area contributed by atoms with Crippen LogP contribution in [0.2, 0.25) is 0 Å². The molecule has 1 saturated heterocycles. The lowest BCUT2D eigenvalue weighted by Gasteiger charge is -2.57. The van der Waals surface area contributed by atoms with Crippen molar-refractivity contribution in [2.45, 2.75) is 64.7 Å². The highest BCUT2D eigenvalue weighted by Crippen LogP contribution is 2.58. The molecule has 158 valence electrons. The highest BCUT2D eigenvalue weighted by atomic mass is 16.3. The van der Waals surface area contributed by atoms with Crippen LogP contribution in [0.25, 0.3) is 11.1 Å². The Bertz CT molecular complexity index is 1020. The van der Waals surface area contributed by atoms with Gasteiger partial charge in [-0.3, -0.25) is 14.5 Å². The number of hydrogen-bond donors (Lipinski definition) is 0. The van der Waals surface area contributed by atoms with Gasteiger partial charge in [0.25, 0.3) is 0 Å². The molecule has 1 aliphatic heterocycles. The predicted molar refractivity (Wildman–Crippen MR) is 115 cm³/mol.